The van der Waals surface area contributed by atoms with Gasteiger partial charge in [0.25, 0.3) is 0 Å². The average Bonchev–Trinajstić information content (AvgIpc) is 3.12. The van der Waals surface area contributed by atoms with Gasteiger partial charge in [-0.2, -0.15) is 13.2 Å². The van der Waals surface area contributed by atoms with Crippen molar-refractivity contribution in [3.05, 3.63) is 48.5 Å². The number of alkyl halides is 3. The Bertz CT molecular complexity index is 1210. The summed E-state index contributed by atoms with van der Waals surface area (Å²) in [6.07, 6.45) is -3.10. The topological polar surface area (TPSA) is 107 Å². The smallest absolute Gasteiger partial charge is 0.417 e. The Labute approximate surface area is 192 Å². The van der Waals surface area contributed by atoms with Crippen molar-refractivity contribution in [2.24, 2.45) is 5.73 Å². The van der Waals surface area contributed by atoms with Gasteiger partial charge in [0, 0.05) is 16.7 Å². The van der Waals surface area contributed by atoms with Crippen molar-refractivity contribution in [2.75, 3.05) is 19.0 Å². The van der Waals surface area contributed by atoms with Gasteiger partial charge in [0.2, 0.25) is 11.7 Å². The van der Waals surface area contributed by atoms with E-state index in [0.29, 0.717) is 40.7 Å². The van der Waals surface area contributed by atoms with Gasteiger partial charge in [-0.05, 0) is 54.4 Å². The van der Waals surface area contributed by atoms with Crippen molar-refractivity contribution in [3.63, 3.8) is 0 Å². The van der Waals surface area contributed by atoms with Crippen molar-refractivity contribution in [3.8, 4) is 16.9 Å². The molecule has 1 amide bonds. The first kappa shape index (κ1) is 23.3. The third kappa shape index (κ3) is 3.43. The van der Waals surface area contributed by atoms with E-state index in [1.165, 1.54) is 7.11 Å². The molecule has 7 nitrogen and oxygen atoms in total. The molecule has 3 N–H and O–H groups in total. The summed E-state index contributed by atoms with van der Waals surface area (Å²) in [7, 11) is 1.24. The molecule has 11 heteroatoms. The second-order valence-corrected chi connectivity index (χ2v) is 8.33. The number of benzene rings is 2. The SMILES string of the molecule is CCc1c2c(C(F)(F)F)c(c(Cl)c1-c1c3c(c([N+](=O)[O-])c(OC)c1NC(=O)CN)CC3)CC2. The van der Waals surface area contributed by atoms with Gasteiger partial charge in [-0.3, -0.25) is 14.9 Å². The van der Waals surface area contributed by atoms with Gasteiger partial charge in [0.05, 0.1) is 34.9 Å². The number of carbonyl (C=O) groups excluding carboxylic acids is 1. The molecule has 33 heavy (non-hydrogen) atoms. The number of rotatable bonds is 6. The van der Waals surface area contributed by atoms with Crippen LogP contribution in [-0.4, -0.2) is 24.5 Å². The maximum absolute atomic E-state index is 13.9. The zero-order valence-corrected chi connectivity index (χ0v) is 18.7. The number of nitrogens with one attached hydrogen (secondary N) is 1. The highest BCUT2D eigenvalue weighted by atomic mass is 35.5. The standard InChI is InChI=1S/C22H21ClF3N3O4/c1-3-9-11-5-7-13(17(11)22(24,25)26)18(23)15(9)16-10-4-6-12(10)20(29(31)32)21(33-2)19(16)28-14(30)8-27/h3-8,27H2,1-2H3,(H,28,30). The number of nitro benzene ring substituents is 1. The van der Waals surface area contributed by atoms with E-state index < -0.39 is 29.1 Å². The highest BCUT2D eigenvalue weighted by Crippen LogP contribution is 2.56. The van der Waals surface area contributed by atoms with Crippen LogP contribution in [0.4, 0.5) is 24.5 Å². The third-order valence-electron chi connectivity index (χ3n) is 6.37. The fourth-order valence-electron chi connectivity index (χ4n) is 5.04. The number of hydrogen-bond donors (Lipinski definition) is 2. The Morgan fingerprint density at radius 1 is 1.15 bits per heavy atom. The zero-order valence-electron chi connectivity index (χ0n) is 17.9. The number of fused-ring (bicyclic) bond motifs is 3. The van der Waals surface area contributed by atoms with Crippen LogP contribution < -0.4 is 15.8 Å². The molecule has 0 radical (unpaired) electrons. The van der Waals surface area contributed by atoms with Gasteiger partial charge in [-0.15, -0.1) is 0 Å². The van der Waals surface area contributed by atoms with Crippen LogP contribution in [0.5, 0.6) is 5.75 Å². The monoisotopic (exact) mass is 483 g/mol. The summed E-state index contributed by atoms with van der Waals surface area (Å²) in [6.45, 7) is 1.34. The molecule has 2 aromatic carbocycles. The van der Waals surface area contributed by atoms with E-state index in [4.69, 9.17) is 22.1 Å². The molecule has 4 rings (SSSR count). The van der Waals surface area contributed by atoms with E-state index in [0.717, 1.165) is 0 Å². The third-order valence-corrected chi connectivity index (χ3v) is 6.79. The molecule has 0 saturated carbocycles. The highest BCUT2D eigenvalue weighted by molar-refractivity contribution is 6.35. The van der Waals surface area contributed by atoms with E-state index >= 15 is 0 Å². The van der Waals surface area contributed by atoms with E-state index in [-0.39, 0.29) is 52.5 Å². The molecule has 2 aliphatic carbocycles. The first-order valence-electron chi connectivity index (χ1n) is 10.4. The summed E-state index contributed by atoms with van der Waals surface area (Å²) < 4.78 is 47.0. The average molecular weight is 484 g/mol. The van der Waals surface area contributed by atoms with Crippen molar-refractivity contribution < 1.29 is 27.6 Å². The molecule has 0 unspecified atom stereocenters. The molecule has 2 bridgehead atoms. The van der Waals surface area contributed by atoms with Gasteiger partial charge < -0.3 is 15.8 Å². The minimum absolute atomic E-state index is 0.00728. The van der Waals surface area contributed by atoms with Gasteiger partial charge in [-0.1, -0.05) is 18.5 Å². The van der Waals surface area contributed by atoms with Gasteiger partial charge in [-0.25, -0.2) is 0 Å². The lowest BCUT2D eigenvalue weighted by Gasteiger charge is -2.30. The molecule has 0 heterocycles. The molecular weight excluding hydrogens is 463 g/mol. The second-order valence-electron chi connectivity index (χ2n) is 7.95. The van der Waals surface area contributed by atoms with E-state index in [2.05, 4.69) is 5.32 Å². The number of hydrogen-bond acceptors (Lipinski definition) is 5. The number of methoxy groups -OCH3 is 1. The molecule has 0 atom stereocenters. The lowest BCUT2D eigenvalue weighted by molar-refractivity contribution is -0.386. The summed E-state index contributed by atoms with van der Waals surface area (Å²) in [5.74, 6) is -0.796. The molecular formula is C22H21ClF3N3O4. The summed E-state index contributed by atoms with van der Waals surface area (Å²) in [4.78, 5) is 23.5. The predicted octanol–water partition coefficient (Wildman–Crippen LogP) is 4.60. The molecule has 176 valence electrons. The molecule has 0 aromatic heterocycles. The Morgan fingerprint density at radius 3 is 2.24 bits per heavy atom. The number of halogens is 4. The number of ether oxygens (including phenoxy) is 1. The van der Waals surface area contributed by atoms with Crippen LogP contribution in [0.2, 0.25) is 5.02 Å². The van der Waals surface area contributed by atoms with Crippen LogP contribution >= 0.6 is 11.6 Å². The van der Waals surface area contributed by atoms with Crippen molar-refractivity contribution in [2.45, 2.75) is 45.2 Å². The lowest BCUT2D eigenvalue weighted by atomic mass is 9.77. The second kappa shape index (κ2) is 8.18. The Kier molecular flexibility index (Phi) is 5.78. The lowest BCUT2D eigenvalue weighted by Crippen LogP contribution is -2.25. The quantitative estimate of drug-likeness (QED) is 0.461. The molecule has 2 aromatic rings. The van der Waals surface area contributed by atoms with Crippen LogP contribution in [0.25, 0.3) is 11.1 Å². The Hall–Kier alpha value is -2.85. The van der Waals surface area contributed by atoms with E-state index in [1.54, 1.807) is 6.92 Å². The Balaban J connectivity index is 2.15. The largest absolute Gasteiger partial charge is 0.489 e. The van der Waals surface area contributed by atoms with Crippen LogP contribution in [0, 0.1) is 10.1 Å². The van der Waals surface area contributed by atoms with Crippen LogP contribution in [0.3, 0.4) is 0 Å². The van der Waals surface area contributed by atoms with Crippen molar-refractivity contribution in [1.29, 1.82) is 0 Å². The number of carbonyl (C=O) groups is 1. The van der Waals surface area contributed by atoms with Gasteiger partial charge in [0.15, 0.2) is 0 Å². The fourth-order valence-corrected chi connectivity index (χ4v) is 5.44. The van der Waals surface area contributed by atoms with E-state index in [9.17, 15) is 28.1 Å². The predicted molar refractivity (Wildman–Crippen MR) is 117 cm³/mol. The molecule has 0 saturated heterocycles. The Morgan fingerprint density at radius 2 is 1.76 bits per heavy atom. The number of nitrogens with zero attached hydrogens (tertiary/aromatic N) is 1. The van der Waals surface area contributed by atoms with Crippen molar-refractivity contribution >= 4 is 28.9 Å². The van der Waals surface area contributed by atoms with Gasteiger partial charge in [0.1, 0.15) is 0 Å². The van der Waals surface area contributed by atoms with Crippen LogP contribution in [-0.2, 0) is 43.1 Å². The maximum atomic E-state index is 13.9. The number of nitrogens with two attached hydrogens (primary N) is 1. The minimum atomic E-state index is -4.55. The van der Waals surface area contributed by atoms with Gasteiger partial charge >= 0.3 is 11.9 Å². The number of nitro groups is 1. The van der Waals surface area contributed by atoms with E-state index in [1.807, 2.05) is 0 Å². The van der Waals surface area contributed by atoms with Crippen LogP contribution in [0.15, 0.2) is 0 Å². The highest BCUT2D eigenvalue weighted by Gasteiger charge is 2.44. The fraction of sp³-hybridized carbons (Fsp3) is 0.409. The van der Waals surface area contributed by atoms with Crippen molar-refractivity contribution in [1.82, 2.24) is 0 Å². The molecule has 0 fully saturated rings. The normalized spacial score (nSPS) is 14.0. The summed E-state index contributed by atoms with van der Waals surface area (Å²) in [6, 6.07) is 0. The summed E-state index contributed by atoms with van der Waals surface area (Å²) >= 11 is 6.65. The maximum Gasteiger partial charge on any atom is 0.417 e. The molecule has 0 aliphatic heterocycles. The molecule has 0 spiro atoms. The first-order valence-corrected chi connectivity index (χ1v) is 10.8. The molecule has 2 aliphatic rings. The summed E-state index contributed by atoms with van der Waals surface area (Å²) in [5, 5.41) is 14.4. The zero-order chi connectivity index (χ0) is 24.2. The number of anilines is 1. The number of amides is 1. The summed E-state index contributed by atoms with van der Waals surface area (Å²) in [5.41, 5.74) is 6.84. The van der Waals surface area contributed by atoms with Crippen LogP contribution in [0.1, 0.15) is 40.3 Å². The first-order chi connectivity index (χ1) is 15.6. The minimum Gasteiger partial charge on any atom is -0.489 e.